The fourth-order valence-electron chi connectivity index (χ4n) is 2.78. The van der Waals surface area contributed by atoms with Crippen molar-refractivity contribution in [2.75, 3.05) is 19.5 Å². The topological polar surface area (TPSA) is 107 Å². The minimum absolute atomic E-state index is 0.0849. The Morgan fingerprint density at radius 1 is 1.25 bits per heavy atom. The Kier molecular flexibility index (Phi) is 5.63. The predicted molar refractivity (Wildman–Crippen MR) is 104 cm³/mol. The molecular weight excluding hydrogens is 380 g/mol. The molecule has 0 saturated carbocycles. The van der Waals surface area contributed by atoms with Gasteiger partial charge in [-0.2, -0.15) is 13.7 Å². The third kappa shape index (κ3) is 4.47. The monoisotopic (exact) mass is 400 g/mol. The molecule has 1 aromatic carbocycles. The van der Waals surface area contributed by atoms with E-state index < -0.39 is 10.1 Å². The van der Waals surface area contributed by atoms with Gasteiger partial charge in [0.05, 0.1) is 37.0 Å². The molecule has 2 heterocycles. The Bertz CT molecular complexity index is 1160. The average Bonchev–Trinajstić information content (AvgIpc) is 3.02. The molecule has 0 unspecified atom stereocenters. The van der Waals surface area contributed by atoms with E-state index in [1.807, 2.05) is 42.8 Å². The Hall–Kier alpha value is -2.96. The van der Waals surface area contributed by atoms with Crippen molar-refractivity contribution >= 4 is 21.2 Å². The van der Waals surface area contributed by atoms with Crippen LogP contribution < -0.4 is 4.74 Å². The van der Waals surface area contributed by atoms with Gasteiger partial charge in [-0.3, -0.25) is 4.18 Å². The lowest BCUT2D eigenvalue weighted by atomic mass is 10.1. The summed E-state index contributed by atoms with van der Waals surface area (Å²) in [5, 5.41) is 9.38. The number of aromatic nitrogens is 3. The summed E-state index contributed by atoms with van der Waals surface area (Å²) in [5.74, 6) is 0.699. The third-order valence-electron chi connectivity index (χ3n) is 4.13. The van der Waals surface area contributed by atoms with Crippen LogP contribution in [0.4, 0.5) is 0 Å². The Morgan fingerprint density at radius 3 is 2.71 bits per heavy atom. The molecule has 0 N–H and O–H groups in total. The Morgan fingerprint density at radius 2 is 2.04 bits per heavy atom. The molecule has 0 amide bonds. The minimum atomic E-state index is -3.43. The molecule has 0 spiro atoms. The molecule has 9 heteroatoms. The molecule has 0 bridgehead atoms. The maximum atomic E-state index is 10.9. The van der Waals surface area contributed by atoms with Gasteiger partial charge < -0.3 is 9.30 Å². The van der Waals surface area contributed by atoms with Gasteiger partial charge in [-0.15, -0.1) is 0 Å². The molecule has 8 nitrogen and oxygen atoms in total. The van der Waals surface area contributed by atoms with E-state index in [0.717, 1.165) is 22.9 Å². The molecule has 0 saturated heterocycles. The van der Waals surface area contributed by atoms with E-state index in [0.29, 0.717) is 30.0 Å². The average molecular weight is 400 g/mol. The fourth-order valence-corrected chi connectivity index (χ4v) is 3.20. The SMILES string of the molecule is Cc1cc(-c2cc3c(ncn3C)c(C#N)n2)ccc1OCCCOS(C)(=O)=O. The van der Waals surface area contributed by atoms with Gasteiger partial charge >= 0.3 is 0 Å². The summed E-state index contributed by atoms with van der Waals surface area (Å²) in [6, 6.07) is 9.66. The van der Waals surface area contributed by atoms with Crippen LogP contribution in [0, 0.1) is 18.3 Å². The van der Waals surface area contributed by atoms with Gasteiger partial charge in [0.15, 0.2) is 5.69 Å². The molecule has 28 heavy (non-hydrogen) atoms. The quantitative estimate of drug-likeness (QED) is 0.443. The highest BCUT2D eigenvalue weighted by Gasteiger charge is 2.12. The van der Waals surface area contributed by atoms with E-state index >= 15 is 0 Å². The number of rotatable bonds is 7. The van der Waals surface area contributed by atoms with Crippen LogP contribution in [0.3, 0.4) is 0 Å². The van der Waals surface area contributed by atoms with Crippen molar-refractivity contribution in [2.45, 2.75) is 13.3 Å². The summed E-state index contributed by atoms with van der Waals surface area (Å²) >= 11 is 0. The number of nitrogens with zero attached hydrogens (tertiary/aromatic N) is 4. The summed E-state index contributed by atoms with van der Waals surface area (Å²) in [5.41, 5.74) is 4.17. The van der Waals surface area contributed by atoms with Crippen molar-refractivity contribution < 1.29 is 17.3 Å². The van der Waals surface area contributed by atoms with Crippen LogP contribution in [0.25, 0.3) is 22.3 Å². The molecule has 0 atom stereocenters. The smallest absolute Gasteiger partial charge is 0.264 e. The lowest BCUT2D eigenvalue weighted by molar-refractivity contribution is 0.251. The van der Waals surface area contributed by atoms with Gasteiger partial charge in [-0.25, -0.2) is 9.97 Å². The van der Waals surface area contributed by atoms with Crippen LogP contribution >= 0.6 is 0 Å². The zero-order valence-corrected chi connectivity index (χ0v) is 16.7. The number of benzene rings is 1. The number of imidazole rings is 1. The third-order valence-corrected chi connectivity index (χ3v) is 4.73. The number of fused-ring (bicyclic) bond motifs is 1. The van der Waals surface area contributed by atoms with Crippen molar-refractivity contribution in [1.29, 1.82) is 5.26 Å². The lowest BCUT2D eigenvalue weighted by Gasteiger charge is -2.11. The highest BCUT2D eigenvalue weighted by molar-refractivity contribution is 7.85. The first-order valence-electron chi connectivity index (χ1n) is 8.59. The molecule has 3 aromatic rings. The highest BCUT2D eigenvalue weighted by atomic mass is 32.2. The summed E-state index contributed by atoms with van der Waals surface area (Å²) in [7, 11) is -1.55. The lowest BCUT2D eigenvalue weighted by Crippen LogP contribution is -2.08. The van der Waals surface area contributed by atoms with Crippen molar-refractivity contribution in [3.05, 3.63) is 41.9 Å². The zero-order valence-electron chi connectivity index (χ0n) is 15.8. The maximum absolute atomic E-state index is 10.9. The number of aryl methyl sites for hydroxylation is 2. The predicted octanol–water partition coefficient (Wildman–Crippen LogP) is 2.56. The van der Waals surface area contributed by atoms with E-state index in [-0.39, 0.29) is 12.3 Å². The van der Waals surface area contributed by atoms with Crippen molar-refractivity contribution in [1.82, 2.24) is 14.5 Å². The van der Waals surface area contributed by atoms with Crippen LogP contribution in [-0.4, -0.2) is 42.4 Å². The van der Waals surface area contributed by atoms with Gasteiger partial charge in [0.2, 0.25) is 0 Å². The molecule has 3 rings (SSSR count). The normalized spacial score (nSPS) is 11.5. The van der Waals surface area contributed by atoms with Crippen LogP contribution in [0.1, 0.15) is 17.7 Å². The van der Waals surface area contributed by atoms with Crippen molar-refractivity contribution in [3.63, 3.8) is 0 Å². The van der Waals surface area contributed by atoms with Crippen LogP contribution in [0.5, 0.6) is 5.75 Å². The van der Waals surface area contributed by atoms with E-state index in [1.165, 1.54) is 0 Å². The first-order valence-corrected chi connectivity index (χ1v) is 10.4. The number of pyridine rings is 1. The van der Waals surface area contributed by atoms with Crippen LogP contribution in [0.2, 0.25) is 0 Å². The van der Waals surface area contributed by atoms with Crippen LogP contribution in [0.15, 0.2) is 30.6 Å². The first-order chi connectivity index (χ1) is 13.3. The van der Waals surface area contributed by atoms with Crippen molar-refractivity contribution in [3.8, 4) is 23.1 Å². The second kappa shape index (κ2) is 7.96. The highest BCUT2D eigenvalue weighted by Crippen LogP contribution is 2.28. The molecule has 0 fully saturated rings. The first kappa shape index (κ1) is 19.8. The number of hydrogen-bond acceptors (Lipinski definition) is 7. The molecule has 146 valence electrons. The number of ether oxygens (including phenoxy) is 1. The fraction of sp³-hybridized carbons (Fsp3) is 0.316. The van der Waals surface area contributed by atoms with Gasteiger partial charge in [0.1, 0.15) is 17.3 Å². The molecule has 0 aliphatic rings. The van der Waals surface area contributed by atoms with Gasteiger partial charge in [0.25, 0.3) is 10.1 Å². The second-order valence-corrected chi connectivity index (χ2v) is 8.04. The zero-order chi connectivity index (χ0) is 20.3. The van der Waals surface area contributed by atoms with Crippen LogP contribution in [-0.2, 0) is 21.3 Å². The van der Waals surface area contributed by atoms with Gasteiger partial charge in [-0.05, 0) is 36.8 Å². The van der Waals surface area contributed by atoms with E-state index in [2.05, 4.69) is 20.2 Å². The molecular formula is C19H20N4O4S. The minimum Gasteiger partial charge on any atom is -0.493 e. The molecule has 0 aliphatic carbocycles. The molecule has 2 aromatic heterocycles. The molecule has 0 radical (unpaired) electrons. The summed E-state index contributed by atoms with van der Waals surface area (Å²) in [6.45, 7) is 2.34. The second-order valence-electron chi connectivity index (χ2n) is 6.40. The summed E-state index contributed by atoms with van der Waals surface area (Å²) in [4.78, 5) is 8.66. The van der Waals surface area contributed by atoms with Crippen molar-refractivity contribution in [2.24, 2.45) is 7.05 Å². The number of nitriles is 1. The van der Waals surface area contributed by atoms with E-state index in [9.17, 15) is 13.7 Å². The Balaban J connectivity index is 1.76. The summed E-state index contributed by atoms with van der Waals surface area (Å²) < 4.78 is 34.1. The largest absolute Gasteiger partial charge is 0.493 e. The Labute approximate surface area is 163 Å². The summed E-state index contributed by atoms with van der Waals surface area (Å²) in [6.07, 6.45) is 3.14. The van der Waals surface area contributed by atoms with E-state index in [1.54, 1.807) is 6.33 Å². The molecule has 0 aliphatic heterocycles. The van der Waals surface area contributed by atoms with E-state index in [4.69, 9.17) is 4.74 Å². The van der Waals surface area contributed by atoms with Gasteiger partial charge in [-0.1, -0.05) is 0 Å². The maximum Gasteiger partial charge on any atom is 0.264 e. The van der Waals surface area contributed by atoms with Gasteiger partial charge in [0, 0.05) is 19.0 Å². The number of hydrogen-bond donors (Lipinski definition) is 0. The standard InChI is InChI=1S/C19H20N4O4S/c1-13-9-14(5-6-18(13)26-7-4-8-27-28(3,24)25)15-10-17-19(16(11-20)22-15)21-12-23(17)2/h5-6,9-10,12H,4,7-8H2,1-3H3.